The second-order valence-electron chi connectivity index (χ2n) is 6.50. The standard InChI is InChI=1S/C20H17FN4O2/c1-12-3-2-4-15(9-12)22-19(26)17-11-25-10-16(24-20(27)18(25)23-17)13-5-7-14(21)8-6-13/h2-9,11,16H,10H2,1H3,(H,22,26)(H,24,27). The largest absolute Gasteiger partial charge is 0.341 e. The third kappa shape index (κ3) is 3.44. The molecule has 27 heavy (non-hydrogen) atoms. The Morgan fingerprint density at radius 2 is 2.04 bits per heavy atom. The third-order valence-corrected chi connectivity index (χ3v) is 4.45. The molecule has 4 rings (SSSR count). The average molecular weight is 364 g/mol. The number of hydrogen-bond donors (Lipinski definition) is 2. The highest BCUT2D eigenvalue weighted by Gasteiger charge is 2.28. The van der Waals surface area contributed by atoms with Crippen molar-refractivity contribution in [3.05, 3.63) is 83.2 Å². The van der Waals surface area contributed by atoms with Gasteiger partial charge in [-0.05, 0) is 42.3 Å². The van der Waals surface area contributed by atoms with Crippen LogP contribution in [0.15, 0.2) is 54.7 Å². The van der Waals surface area contributed by atoms with E-state index in [-0.39, 0.29) is 35.2 Å². The Kier molecular flexibility index (Phi) is 4.19. The predicted octanol–water partition coefficient (Wildman–Crippen LogP) is 3.07. The van der Waals surface area contributed by atoms with E-state index >= 15 is 0 Å². The summed E-state index contributed by atoms with van der Waals surface area (Å²) in [6.07, 6.45) is 1.57. The molecule has 0 saturated carbocycles. The lowest BCUT2D eigenvalue weighted by Crippen LogP contribution is -2.38. The molecule has 1 aliphatic rings. The van der Waals surface area contributed by atoms with Crippen LogP contribution in [0.25, 0.3) is 0 Å². The lowest BCUT2D eigenvalue weighted by Gasteiger charge is -2.25. The molecule has 2 N–H and O–H groups in total. The number of nitrogens with one attached hydrogen (secondary N) is 2. The number of aromatic nitrogens is 2. The number of aryl methyl sites for hydroxylation is 1. The van der Waals surface area contributed by atoms with Crippen molar-refractivity contribution < 1.29 is 14.0 Å². The molecule has 0 aliphatic carbocycles. The van der Waals surface area contributed by atoms with Gasteiger partial charge in [0.2, 0.25) is 0 Å². The van der Waals surface area contributed by atoms with Gasteiger partial charge in [-0.25, -0.2) is 9.37 Å². The molecule has 0 saturated heterocycles. The molecule has 1 aliphatic heterocycles. The molecule has 1 atom stereocenters. The first kappa shape index (κ1) is 17.0. The van der Waals surface area contributed by atoms with Crippen LogP contribution in [0.2, 0.25) is 0 Å². The van der Waals surface area contributed by atoms with Gasteiger partial charge in [-0.15, -0.1) is 0 Å². The van der Waals surface area contributed by atoms with Crippen molar-refractivity contribution in [2.24, 2.45) is 0 Å². The summed E-state index contributed by atoms with van der Waals surface area (Å²) in [6.45, 7) is 2.35. The molecule has 1 unspecified atom stereocenters. The Labute approximate surface area is 155 Å². The van der Waals surface area contributed by atoms with E-state index in [9.17, 15) is 14.0 Å². The highest BCUT2D eigenvalue weighted by Crippen LogP contribution is 2.22. The maximum atomic E-state index is 13.1. The minimum absolute atomic E-state index is 0.168. The molecule has 136 valence electrons. The van der Waals surface area contributed by atoms with Gasteiger partial charge in [0.1, 0.15) is 11.5 Å². The molecule has 0 spiro atoms. The summed E-state index contributed by atoms with van der Waals surface area (Å²) in [7, 11) is 0. The highest BCUT2D eigenvalue weighted by atomic mass is 19.1. The van der Waals surface area contributed by atoms with Crippen molar-refractivity contribution in [2.45, 2.75) is 19.5 Å². The molecular weight excluding hydrogens is 347 g/mol. The number of hydrogen-bond acceptors (Lipinski definition) is 3. The van der Waals surface area contributed by atoms with E-state index in [1.807, 2.05) is 25.1 Å². The molecule has 3 aromatic rings. The first-order chi connectivity index (χ1) is 13.0. The number of amides is 2. The summed E-state index contributed by atoms with van der Waals surface area (Å²) >= 11 is 0. The van der Waals surface area contributed by atoms with Crippen molar-refractivity contribution in [1.29, 1.82) is 0 Å². The molecular formula is C20H17FN4O2. The highest BCUT2D eigenvalue weighted by molar-refractivity contribution is 6.04. The van der Waals surface area contributed by atoms with Crippen LogP contribution in [-0.2, 0) is 6.54 Å². The van der Waals surface area contributed by atoms with Gasteiger partial charge in [-0.1, -0.05) is 24.3 Å². The van der Waals surface area contributed by atoms with Gasteiger partial charge < -0.3 is 15.2 Å². The Morgan fingerprint density at radius 1 is 1.26 bits per heavy atom. The van der Waals surface area contributed by atoms with E-state index in [2.05, 4.69) is 15.6 Å². The first-order valence-corrected chi connectivity index (χ1v) is 8.51. The summed E-state index contributed by atoms with van der Waals surface area (Å²) in [6, 6.07) is 13.1. The van der Waals surface area contributed by atoms with Crippen LogP contribution in [0.5, 0.6) is 0 Å². The molecule has 2 aromatic carbocycles. The number of nitrogens with zero attached hydrogens (tertiary/aromatic N) is 2. The fourth-order valence-electron chi connectivity index (χ4n) is 3.11. The second kappa shape index (κ2) is 6.68. The Bertz CT molecular complexity index is 1030. The van der Waals surface area contributed by atoms with E-state index in [1.165, 1.54) is 12.1 Å². The van der Waals surface area contributed by atoms with E-state index in [4.69, 9.17) is 0 Å². The zero-order valence-corrected chi connectivity index (χ0v) is 14.6. The van der Waals surface area contributed by atoms with Gasteiger partial charge in [0.05, 0.1) is 6.04 Å². The quantitative estimate of drug-likeness (QED) is 0.750. The van der Waals surface area contributed by atoms with E-state index in [1.54, 1.807) is 29.0 Å². The van der Waals surface area contributed by atoms with Gasteiger partial charge in [-0.3, -0.25) is 9.59 Å². The summed E-state index contributed by atoms with van der Waals surface area (Å²) in [4.78, 5) is 29.0. The predicted molar refractivity (Wildman–Crippen MR) is 98.0 cm³/mol. The van der Waals surface area contributed by atoms with Crippen molar-refractivity contribution >= 4 is 17.5 Å². The van der Waals surface area contributed by atoms with Crippen molar-refractivity contribution in [3.8, 4) is 0 Å². The van der Waals surface area contributed by atoms with Crippen LogP contribution in [0.1, 0.15) is 38.3 Å². The topological polar surface area (TPSA) is 76.0 Å². The Morgan fingerprint density at radius 3 is 2.78 bits per heavy atom. The number of carbonyl (C=O) groups excluding carboxylic acids is 2. The van der Waals surface area contributed by atoms with Gasteiger partial charge in [0.25, 0.3) is 11.8 Å². The lowest BCUT2D eigenvalue weighted by molar-refractivity contribution is 0.0894. The normalized spacial score (nSPS) is 15.8. The molecule has 1 aromatic heterocycles. The monoisotopic (exact) mass is 364 g/mol. The molecule has 2 amide bonds. The maximum absolute atomic E-state index is 13.1. The van der Waals surface area contributed by atoms with Crippen LogP contribution in [0.4, 0.5) is 10.1 Å². The first-order valence-electron chi connectivity index (χ1n) is 8.51. The van der Waals surface area contributed by atoms with E-state index in [0.29, 0.717) is 12.2 Å². The number of imidazole rings is 1. The molecule has 7 heteroatoms. The Hall–Kier alpha value is -3.48. The number of carbonyl (C=O) groups is 2. The molecule has 6 nitrogen and oxygen atoms in total. The smallest absolute Gasteiger partial charge is 0.287 e. The molecule has 0 fully saturated rings. The van der Waals surface area contributed by atoms with Gasteiger partial charge in [0, 0.05) is 18.4 Å². The lowest BCUT2D eigenvalue weighted by atomic mass is 10.1. The van der Waals surface area contributed by atoms with Crippen molar-refractivity contribution in [3.63, 3.8) is 0 Å². The van der Waals surface area contributed by atoms with Gasteiger partial charge >= 0.3 is 0 Å². The Balaban J connectivity index is 1.56. The number of rotatable bonds is 3. The number of benzene rings is 2. The van der Waals surface area contributed by atoms with E-state index in [0.717, 1.165) is 11.1 Å². The van der Waals surface area contributed by atoms with Crippen LogP contribution >= 0.6 is 0 Å². The number of fused-ring (bicyclic) bond motifs is 1. The fraction of sp³-hybridized carbons (Fsp3) is 0.150. The fourth-order valence-corrected chi connectivity index (χ4v) is 3.11. The van der Waals surface area contributed by atoms with Gasteiger partial charge in [0.15, 0.2) is 5.82 Å². The molecule has 2 heterocycles. The third-order valence-electron chi connectivity index (χ3n) is 4.45. The number of anilines is 1. The maximum Gasteiger partial charge on any atom is 0.287 e. The van der Waals surface area contributed by atoms with E-state index < -0.39 is 0 Å². The van der Waals surface area contributed by atoms with Crippen LogP contribution in [0, 0.1) is 12.7 Å². The summed E-state index contributed by atoms with van der Waals surface area (Å²) in [5.74, 6) is -0.902. The van der Waals surface area contributed by atoms with Crippen LogP contribution in [0.3, 0.4) is 0 Å². The van der Waals surface area contributed by atoms with Crippen LogP contribution < -0.4 is 10.6 Å². The zero-order chi connectivity index (χ0) is 19.0. The summed E-state index contributed by atoms with van der Waals surface area (Å²) in [5.41, 5.74) is 2.65. The van der Waals surface area contributed by atoms with Crippen molar-refractivity contribution in [1.82, 2.24) is 14.9 Å². The minimum Gasteiger partial charge on any atom is -0.341 e. The van der Waals surface area contributed by atoms with Crippen molar-refractivity contribution in [2.75, 3.05) is 5.32 Å². The van der Waals surface area contributed by atoms with Gasteiger partial charge in [-0.2, -0.15) is 0 Å². The van der Waals surface area contributed by atoms with Crippen LogP contribution in [-0.4, -0.2) is 21.4 Å². The summed E-state index contributed by atoms with van der Waals surface area (Å²) in [5, 5.41) is 5.63. The average Bonchev–Trinajstić information content (AvgIpc) is 3.07. The molecule has 0 bridgehead atoms. The summed E-state index contributed by atoms with van der Waals surface area (Å²) < 4.78 is 14.8. The number of halogens is 1. The minimum atomic E-state index is -0.381. The second-order valence-corrected chi connectivity index (χ2v) is 6.50. The SMILES string of the molecule is Cc1cccc(NC(=O)c2cn3c(n2)C(=O)NC(c2ccc(F)cc2)C3)c1. The zero-order valence-electron chi connectivity index (χ0n) is 14.6. The molecule has 0 radical (unpaired) electrons.